The largest absolute Gasteiger partial charge is 0.481 e. The van der Waals surface area contributed by atoms with Crippen molar-refractivity contribution < 1.29 is 39.3 Å². The molecule has 0 saturated carbocycles. The van der Waals surface area contributed by atoms with Gasteiger partial charge in [-0.2, -0.15) is 0 Å². The maximum Gasteiger partial charge on any atom is 0.328 e. The van der Waals surface area contributed by atoms with Crippen LogP contribution in [0.1, 0.15) is 45.6 Å². The highest BCUT2D eigenvalue weighted by atomic mass is 16.4. The number of benzene rings is 1. The van der Waals surface area contributed by atoms with Gasteiger partial charge in [-0.15, -0.1) is 0 Å². The molecule has 0 bridgehead atoms. The van der Waals surface area contributed by atoms with E-state index in [0.717, 1.165) is 0 Å². The molecule has 0 spiro atoms. The van der Waals surface area contributed by atoms with Crippen molar-refractivity contribution in [2.45, 2.75) is 76.7 Å². The summed E-state index contributed by atoms with van der Waals surface area (Å²) >= 11 is 0. The van der Waals surface area contributed by atoms with E-state index in [2.05, 4.69) is 16.0 Å². The molecule has 3 amide bonds. The minimum absolute atomic E-state index is 0.0599. The number of carbonyl (C=O) groups is 5. The number of hydrogen-bond donors (Lipinski definition) is 7. The Kier molecular flexibility index (Phi) is 12.5. The molecule has 0 fully saturated rings. The van der Waals surface area contributed by atoms with Gasteiger partial charge in [-0.25, -0.2) is 4.79 Å². The molecule has 0 aliphatic heterocycles. The zero-order valence-electron chi connectivity index (χ0n) is 20.6. The molecule has 0 aliphatic carbocycles. The van der Waals surface area contributed by atoms with Gasteiger partial charge in [0.15, 0.2) is 6.04 Å². The lowest BCUT2D eigenvalue weighted by Gasteiger charge is -2.28. The van der Waals surface area contributed by atoms with Crippen molar-refractivity contribution in [3.8, 4) is 0 Å². The molecular weight excluding hydrogens is 472 g/mol. The summed E-state index contributed by atoms with van der Waals surface area (Å²) < 4.78 is 0. The second-order valence-corrected chi connectivity index (χ2v) is 8.73. The molecule has 6 atom stereocenters. The molecule has 0 saturated heterocycles. The van der Waals surface area contributed by atoms with Crippen molar-refractivity contribution in [3.63, 3.8) is 0 Å². The van der Waals surface area contributed by atoms with E-state index in [-0.39, 0.29) is 19.3 Å². The maximum atomic E-state index is 13.3. The number of nitrogens with one attached hydrogen (secondary N) is 3. The normalized spacial score (nSPS) is 15.9. The zero-order valence-corrected chi connectivity index (χ0v) is 20.6. The summed E-state index contributed by atoms with van der Waals surface area (Å²) in [5, 5.41) is 35.2. The predicted molar refractivity (Wildman–Crippen MR) is 130 cm³/mol. The first kappa shape index (κ1) is 30.5. The number of carbonyl (C=O) groups excluding carboxylic acids is 3. The van der Waals surface area contributed by atoms with Gasteiger partial charge < -0.3 is 37.0 Å². The fourth-order valence-electron chi connectivity index (χ4n) is 3.34. The highest BCUT2D eigenvalue weighted by Crippen LogP contribution is 2.11. The fourth-order valence-corrected chi connectivity index (χ4v) is 3.34. The second-order valence-electron chi connectivity index (χ2n) is 8.73. The summed E-state index contributed by atoms with van der Waals surface area (Å²) in [6.45, 7) is 4.69. The highest BCUT2D eigenvalue weighted by Gasteiger charge is 2.34. The van der Waals surface area contributed by atoms with Crippen molar-refractivity contribution in [1.82, 2.24) is 16.0 Å². The van der Waals surface area contributed by atoms with E-state index in [1.807, 2.05) is 0 Å². The molecular formula is C24H36N4O8. The maximum absolute atomic E-state index is 13.3. The summed E-state index contributed by atoms with van der Waals surface area (Å²) in [4.78, 5) is 60.9. The summed E-state index contributed by atoms with van der Waals surface area (Å²) in [6.07, 6.45) is -1.31. The topological polar surface area (TPSA) is 208 Å². The number of aliphatic hydroxyl groups is 1. The Hall–Kier alpha value is -3.51. The number of rotatable bonds is 15. The van der Waals surface area contributed by atoms with Crippen LogP contribution in [-0.2, 0) is 30.4 Å². The lowest BCUT2D eigenvalue weighted by atomic mass is 9.96. The molecule has 36 heavy (non-hydrogen) atoms. The lowest BCUT2D eigenvalue weighted by molar-refractivity contribution is -0.145. The number of nitrogens with two attached hydrogens (primary N) is 1. The van der Waals surface area contributed by atoms with E-state index in [4.69, 9.17) is 10.8 Å². The number of aliphatic hydroxyl groups excluding tert-OH is 1. The Bertz CT molecular complexity index is 909. The molecule has 1 aromatic rings. The van der Waals surface area contributed by atoms with E-state index >= 15 is 0 Å². The molecule has 200 valence electrons. The molecule has 0 heterocycles. The average Bonchev–Trinajstić information content (AvgIpc) is 2.83. The molecule has 0 aliphatic rings. The van der Waals surface area contributed by atoms with Crippen LogP contribution in [-0.4, -0.2) is 75.3 Å². The van der Waals surface area contributed by atoms with Crippen molar-refractivity contribution in [2.24, 2.45) is 11.7 Å². The van der Waals surface area contributed by atoms with E-state index in [1.54, 1.807) is 44.2 Å². The Morgan fingerprint density at radius 1 is 0.889 bits per heavy atom. The SMILES string of the molecule is CCC(C)C(NC(=O)C(Cc1ccccc1)NC(=O)C(N)CCC(=O)O)C(=O)NC(C(=O)O)C(C)O. The monoisotopic (exact) mass is 508 g/mol. The number of aliphatic carboxylic acids is 2. The van der Waals surface area contributed by atoms with Gasteiger partial charge in [0.25, 0.3) is 0 Å². The summed E-state index contributed by atoms with van der Waals surface area (Å²) in [7, 11) is 0. The van der Waals surface area contributed by atoms with Crippen LogP contribution < -0.4 is 21.7 Å². The van der Waals surface area contributed by atoms with E-state index < -0.39 is 65.8 Å². The van der Waals surface area contributed by atoms with Gasteiger partial charge in [-0.3, -0.25) is 19.2 Å². The summed E-state index contributed by atoms with van der Waals surface area (Å²) in [5.74, 6) is -5.19. The van der Waals surface area contributed by atoms with Crippen molar-refractivity contribution in [1.29, 1.82) is 0 Å². The third kappa shape index (κ3) is 10.0. The number of hydrogen-bond acceptors (Lipinski definition) is 7. The fraction of sp³-hybridized carbons (Fsp3) is 0.542. The third-order valence-electron chi connectivity index (χ3n) is 5.76. The van der Waals surface area contributed by atoms with Gasteiger partial charge in [0, 0.05) is 12.8 Å². The first-order valence-electron chi connectivity index (χ1n) is 11.7. The number of carboxylic acids is 2. The quantitative estimate of drug-likeness (QED) is 0.161. The van der Waals surface area contributed by atoms with Crippen LogP contribution in [0.25, 0.3) is 0 Å². The number of amides is 3. The van der Waals surface area contributed by atoms with Crippen LogP contribution in [0.15, 0.2) is 30.3 Å². The van der Waals surface area contributed by atoms with Crippen molar-refractivity contribution >= 4 is 29.7 Å². The first-order valence-corrected chi connectivity index (χ1v) is 11.7. The first-order chi connectivity index (χ1) is 16.9. The van der Waals surface area contributed by atoms with Gasteiger partial charge in [0.2, 0.25) is 17.7 Å². The summed E-state index contributed by atoms with van der Waals surface area (Å²) in [5.41, 5.74) is 6.50. The molecule has 0 aromatic heterocycles. The van der Waals surface area contributed by atoms with Crippen LogP contribution in [0.2, 0.25) is 0 Å². The molecule has 12 heteroatoms. The predicted octanol–water partition coefficient (Wildman–Crippen LogP) is -0.613. The van der Waals surface area contributed by atoms with Gasteiger partial charge >= 0.3 is 11.9 Å². The van der Waals surface area contributed by atoms with Crippen LogP contribution in [0.4, 0.5) is 0 Å². The molecule has 1 rings (SSSR count). The molecule has 12 nitrogen and oxygen atoms in total. The van der Waals surface area contributed by atoms with Crippen LogP contribution >= 0.6 is 0 Å². The molecule has 6 unspecified atom stereocenters. The Balaban J connectivity index is 3.12. The van der Waals surface area contributed by atoms with Crippen molar-refractivity contribution in [3.05, 3.63) is 35.9 Å². The Labute approximate surface area is 209 Å². The Morgan fingerprint density at radius 2 is 1.47 bits per heavy atom. The van der Waals surface area contributed by atoms with Crippen LogP contribution in [0.3, 0.4) is 0 Å². The van der Waals surface area contributed by atoms with Crippen LogP contribution in [0, 0.1) is 5.92 Å². The minimum Gasteiger partial charge on any atom is -0.481 e. The third-order valence-corrected chi connectivity index (χ3v) is 5.76. The van der Waals surface area contributed by atoms with Crippen molar-refractivity contribution in [2.75, 3.05) is 0 Å². The van der Waals surface area contributed by atoms with Crippen LogP contribution in [0.5, 0.6) is 0 Å². The number of carboxylic acid groups (broad SMARTS) is 2. The van der Waals surface area contributed by atoms with E-state index in [9.17, 15) is 34.2 Å². The minimum atomic E-state index is -1.58. The van der Waals surface area contributed by atoms with Gasteiger partial charge in [0.1, 0.15) is 12.1 Å². The van der Waals surface area contributed by atoms with Gasteiger partial charge in [0.05, 0.1) is 12.1 Å². The lowest BCUT2D eigenvalue weighted by Crippen LogP contribution is -2.60. The molecule has 1 aromatic carbocycles. The second kappa shape index (κ2) is 14.8. The standard InChI is InChI=1S/C24H36N4O8/c1-4-13(2)19(23(34)28-20(14(3)29)24(35)36)27-22(33)17(12-15-8-6-5-7-9-15)26-21(32)16(25)10-11-18(30)31/h5-9,13-14,16-17,19-20,29H,4,10-12,25H2,1-3H3,(H,26,32)(H,27,33)(H,28,34)(H,30,31)(H,35,36). The summed E-state index contributed by atoms with van der Waals surface area (Å²) in [6, 6.07) is 3.73. The van der Waals surface area contributed by atoms with E-state index in [0.29, 0.717) is 12.0 Å². The Morgan fingerprint density at radius 3 is 1.97 bits per heavy atom. The smallest absolute Gasteiger partial charge is 0.328 e. The molecule has 8 N–H and O–H groups in total. The van der Waals surface area contributed by atoms with Gasteiger partial charge in [-0.05, 0) is 24.8 Å². The highest BCUT2D eigenvalue weighted by molar-refractivity contribution is 5.94. The average molecular weight is 509 g/mol. The van der Waals surface area contributed by atoms with Gasteiger partial charge in [-0.1, -0.05) is 50.6 Å². The zero-order chi connectivity index (χ0) is 27.4. The molecule has 0 radical (unpaired) electrons. The van der Waals surface area contributed by atoms with E-state index in [1.165, 1.54) is 6.92 Å².